The summed E-state index contributed by atoms with van der Waals surface area (Å²) in [6.07, 6.45) is -5.05. The molecule has 3 nitrogen and oxygen atoms in total. The van der Waals surface area contributed by atoms with Crippen molar-refractivity contribution in [3.05, 3.63) is 28.2 Å². The van der Waals surface area contributed by atoms with Gasteiger partial charge in [-0.25, -0.2) is 4.39 Å². The fraction of sp³-hybridized carbons (Fsp3) is 0.300. The van der Waals surface area contributed by atoms with E-state index in [0.29, 0.717) is 0 Å². The molecule has 1 atom stereocenters. The highest BCUT2D eigenvalue weighted by Crippen LogP contribution is 2.29. The van der Waals surface area contributed by atoms with Crippen LogP contribution in [0.3, 0.4) is 0 Å². The maximum absolute atomic E-state index is 13.2. The van der Waals surface area contributed by atoms with Crippen LogP contribution in [0.5, 0.6) is 5.75 Å². The number of carboxylic acid groups (broad SMARTS) is 1. The Balaban J connectivity index is 2.89. The molecule has 1 N–H and O–H groups in total. The van der Waals surface area contributed by atoms with Gasteiger partial charge in [-0.05, 0) is 12.1 Å². The normalized spacial score (nSPS) is 13.2. The maximum Gasteiger partial charge on any atom is 0.405 e. The smallest absolute Gasteiger partial charge is 0.405 e. The summed E-state index contributed by atoms with van der Waals surface area (Å²) in [5.41, 5.74) is 0. The van der Waals surface area contributed by atoms with Gasteiger partial charge in [0.1, 0.15) is 6.61 Å². The van der Waals surface area contributed by atoms with E-state index < -0.39 is 42.1 Å². The number of alkyl halides is 3. The third kappa shape index (κ3) is 4.05. The van der Waals surface area contributed by atoms with E-state index >= 15 is 0 Å². The molecule has 1 rings (SSSR count). The summed E-state index contributed by atoms with van der Waals surface area (Å²) < 4.78 is 67.4. The van der Waals surface area contributed by atoms with Crippen LogP contribution >= 0.6 is 15.9 Å². The minimum Gasteiger partial charge on any atom is -0.489 e. The highest BCUT2D eigenvalue weighted by molar-refractivity contribution is 9.10. The first-order valence-corrected chi connectivity index (χ1v) is 5.49. The Morgan fingerprint density at radius 2 is 1.95 bits per heavy atom. The zero-order chi connectivity index (χ0) is 14.8. The summed E-state index contributed by atoms with van der Waals surface area (Å²) in [5, 5.41) is 8.39. The van der Waals surface area contributed by atoms with E-state index in [1.165, 1.54) is 0 Å². The van der Waals surface area contributed by atoms with Crippen LogP contribution < -0.4 is 4.74 Å². The van der Waals surface area contributed by atoms with Gasteiger partial charge in [-0.15, -0.1) is 0 Å². The maximum atomic E-state index is 13.2. The molecule has 0 aliphatic heterocycles. The molecule has 0 bridgehead atoms. The van der Waals surface area contributed by atoms with Crippen LogP contribution in [0.1, 0.15) is 0 Å². The standard InChI is InChI=1S/C10H6BrF5O3/c11-4-1-6(12)8(13)7(2-4)19-3-5(9(17)18)10(14,15)16/h1-2,5H,3H2,(H,17,18). The van der Waals surface area contributed by atoms with Crippen molar-refractivity contribution in [3.63, 3.8) is 0 Å². The number of halogens is 6. The molecule has 0 saturated carbocycles. The number of carbonyl (C=O) groups is 1. The number of ether oxygens (including phenoxy) is 1. The molecular weight excluding hydrogens is 343 g/mol. The molecule has 0 saturated heterocycles. The molecule has 0 aliphatic rings. The number of benzene rings is 1. The van der Waals surface area contributed by atoms with E-state index in [2.05, 4.69) is 20.7 Å². The summed E-state index contributed by atoms with van der Waals surface area (Å²) in [6, 6.07) is 1.65. The van der Waals surface area contributed by atoms with Gasteiger partial charge in [-0.2, -0.15) is 17.6 Å². The topological polar surface area (TPSA) is 46.5 Å². The minimum absolute atomic E-state index is 0.0419. The first kappa shape index (κ1) is 15.7. The molecule has 19 heavy (non-hydrogen) atoms. The van der Waals surface area contributed by atoms with E-state index in [0.717, 1.165) is 12.1 Å². The number of aliphatic carboxylic acids is 1. The van der Waals surface area contributed by atoms with E-state index in [1.54, 1.807) is 0 Å². The molecule has 106 valence electrons. The summed E-state index contributed by atoms with van der Waals surface area (Å²) >= 11 is 2.80. The van der Waals surface area contributed by atoms with Gasteiger partial charge >= 0.3 is 12.1 Å². The predicted molar refractivity (Wildman–Crippen MR) is 56.7 cm³/mol. The number of hydrogen-bond acceptors (Lipinski definition) is 2. The average Bonchev–Trinajstić information content (AvgIpc) is 2.22. The molecule has 9 heteroatoms. The Morgan fingerprint density at radius 1 is 1.37 bits per heavy atom. The second-order valence-electron chi connectivity index (χ2n) is 3.44. The molecule has 0 radical (unpaired) electrons. The average molecular weight is 349 g/mol. The fourth-order valence-electron chi connectivity index (χ4n) is 1.12. The molecule has 1 unspecified atom stereocenters. The lowest BCUT2D eigenvalue weighted by atomic mass is 10.1. The van der Waals surface area contributed by atoms with Gasteiger partial charge in [0.2, 0.25) is 5.82 Å². The van der Waals surface area contributed by atoms with E-state index in [-0.39, 0.29) is 4.47 Å². The third-order valence-corrected chi connectivity index (χ3v) is 2.52. The lowest BCUT2D eigenvalue weighted by Crippen LogP contribution is -2.35. The molecule has 0 aliphatic carbocycles. The SMILES string of the molecule is O=C(O)C(COc1cc(Br)cc(F)c1F)C(F)(F)F. The van der Waals surface area contributed by atoms with Crippen molar-refractivity contribution >= 4 is 21.9 Å². The van der Waals surface area contributed by atoms with Crippen molar-refractivity contribution in [2.24, 2.45) is 5.92 Å². The molecule has 0 amide bonds. The fourth-order valence-corrected chi connectivity index (χ4v) is 1.53. The van der Waals surface area contributed by atoms with Crippen LogP contribution in [0.25, 0.3) is 0 Å². The Bertz CT molecular complexity index is 489. The zero-order valence-corrected chi connectivity index (χ0v) is 10.6. The van der Waals surface area contributed by atoms with Crippen LogP contribution in [0.15, 0.2) is 16.6 Å². The monoisotopic (exact) mass is 348 g/mol. The summed E-state index contributed by atoms with van der Waals surface area (Å²) in [6.45, 7) is -1.36. The Labute approximate surface area is 112 Å². The summed E-state index contributed by atoms with van der Waals surface area (Å²) in [5.74, 6) is -8.61. The van der Waals surface area contributed by atoms with Gasteiger partial charge in [0.25, 0.3) is 0 Å². The van der Waals surface area contributed by atoms with Crippen LogP contribution in [0, 0.1) is 17.6 Å². The second kappa shape index (κ2) is 5.72. The number of rotatable bonds is 4. The Morgan fingerprint density at radius 3 is 2.42 bits per heavy atom. The molecule has 1 aromatic rings. The van der Waals surface area contributed by atoms with Gasteiger partial charge in [0.05, 0.1) is 0 Å². The van der Waals surface area contributed by atoms with Crippen molar-refractivity contribution in [2.45, 2.75) is 6.18 Å². The van der Waals surface area contributed by atoms with Crippen LogP contribution in [-0.4, -0.2) is 23.9 Å². The lowest BCUT2D eigenvalue weighted by Gasteiger charge is -2.17. The summed E-state index contributed by atoms with van der Waals surface area (Å²) in [7, 11) is 0. The van der Waals surface area contributed by atoms with Crippen molar-refractivity contribution in [1.29, 1.82) is 0 Å². The molecular formula is C10H6BrF5O3. The lowest BCUT2D eigenvalue weighted by molar-refractivity contribution is -0.198. The predicted octanol–water partition coefficient (Wildman–Crippen LogP) is 3.37. The zero-order valence-electron chi connectivity index (χ0n) is 8.97. The van der Waals surface area contributed by atoms with Crippen molar-refractivity contribution in [1.82, 2.24) is 0 Å². The number of hydrogen-bond donors (Lipinski definition) is 1. The minimum atomic E-state index is -5.05. The largest absolute Gasteiger partial charge is 0.489 e. The van der Waals surface area contributed by atoms with E-state index in [4.69, 9.17) is 5.11 Å². The van der Waals surface area contributed by atoms with E-state index in [9.17, 15) is 26.7 Å². The van der Waals surface area contributed by atoms with Gasteiger partial charge in [-0.1, -0.05) is 15.9 Å². The summed E-state index contributed by atoms with van der Waals surface area (Å²) in [4.78, 5) is 10.4. The highest BCUT2D eigenvalue weighted by Gasteiger charge is 2.45. The van der Waals surface area contributed by atoms with Gasteiger partial charge < -0.3 is 9.84 Å². The molecule has 0 heterocycles. The van der Waals surface area contributed by atoms with Crippen LogP contribution in [-0.2, 0) is 4.79 Å². The molecule has 1 aromatic carbocycles. The van der Waals surface area contributed by atoms with Crippen LogP contribution in [0.4, 0.5) is 22.0 Å². The first-order valence-electron chi connectivity index (χ1n) is 4.69. The molecule has 0 fully saturated rings. The number of carboxylic acids is 1. The highest BCUT2D eigenvalue weighted by atomic mass is 79.9. The van der Waals surface area contributed by atoms with Crippen molar-refractivity contribution in [2.75, 3.05) is 6.61 Å². The third-order valence-electron chi connectivity index (χ3n) is 2.06. The first-order chi connectivity index (χ1) is 8.62. The Hall–Kier alpha value is -1.38. The van der Waals surface area contributed by atoms with Crippen LogP contribution in [0.2, 0.25) is 0 Å². The quantitative estimate of drug-likeness (QED) is 0.670. The van der Waals surface area contributed by atoms with Crippen molar-refractivity contribution in [3.8, 4) is 5.75 Å². The van der Waals surface area contributed by atoms with E-state index in [1.807, 2.05) is 0 Å². The van der Waals surface area contributed by atoms with Gasteiger partial charge in [0, 0.05) is 4.47 Å². The van der Waals surface area contributed by atoms with Gasteiger partial charge in [-0.3, -0.25) is 4.79 Å². The van der Waals surface area contributed by atoms with Gasteiger partial charge in [0.15, 0.2) is 17.5 Å². The van der Waals surface area contributed by atoms with Crippen molar-refractivity contribution < 1.29 is 36.6 Å². The Kier molecular flexibility index (Phi) is 4.72. The molecule has 0 aromatic heterocycles. The molecule has 0 spiro atoms. The second-order valence-corrected chi connectivity index (χ2v) is 4.36.